The van der Waals surface area contributed by atoms with Gasteiger partial charge in [0, 0.05) is 39.2 Å². The maximum absolute atomic E-state index is 15.0. The number of nitrogens with zero attached hydrogens (tertiary/aromatic N) is 3. The molecule has 0 unspecified atom stereocenters. The number of hydrogen-bond donors (Lipinski definition) is 3. The highest BCUT2D eigenvalue weighted by Crippen LogP contribution is 2.47. The molecule has 7 rings (SSSR count). The maximum atomic E-state index is 15.0. The summed E-state index contributed by atoms with van der Waals surface area (Å²) in [5.41, 5.74) is -0.756. The van der Waals surface area contributed by atoms with Gasteiger partial charge < -0.3 is 34.5 Å². The molecule has 0 bridgehead atoms. The van der Waals surface area contributed by atoms with E-state index >= 15 is 0 Å². The number of carbonyl (C=O) groups excluding carboxylic acids is 3. The van der Waals surface area contributed by atoms with E-state index in [2.05, 4.69) is 20.3 Å². The van der Waals surface area contributed by atoms with Crippen LogP contribution in [0.1, 0.15) is 59.8 Å². The minimum atomic E-state index is -3.88. The molecule has 0 spiro atoms. The molecule has 3 aliphatic rings. The van der Waals surface area contributed by atoms with Crippen molar-refractivity contribution in [3.8, 4) is 34.4 Å². The zero-order valence-electron chi connectivity index (χ0n) is 34.0. The lowest BCUT2D eigenvalue weighted by molar-refractivity contribution is -0.141. The fraction of sp³-hybridized carbons (Fsp3) is 0.488. The molecule has 3 fully saturated rings. The predicted molar refractivity (Wildman–Crippen MR) is 225 cm³/mol. The monoisotopic (exact) mass is 868 g/mol. The number of pyridine rings is 1. The predicted octanol–water partition coefficient (Wildman–Crippen LogP) is 5.81. The molecule has 15 nitrogen and oxygen atoms in total. The molecule has 3 amide bonds. The highest BCUT2D eigenvalue weighted by molar-refractivity contribution is 7.91. The lowest BCUT2D eigenvalue weighted by Gasteiger charge is -2.35. The molecule has 316 valence electrons. The molecular formula is C41H49ClN6O9S2. The van der Waals surface area contributed by atoms with Gasteiger partial charge in [0.1, 0.15) is 41.0 Å². The lowest BCUT2D eigenvalue weighted by atomic mass is 9.85. The molecule has 1 saturated heterocycles. The summed E-state index contributed by atoms with van der Waals surface area (Å²) in [5, 5.41) is 9.73. The van der Waals surface area contributed by atoms with Crippen molar-refractivity contribution in [1.29, 1.82) is 0 Å². The number of anilines is 1. The van der Waals surface area contributed by atoms with E-state index in [1.807, 2.05) is 45.2 Å². The molecule has 5 atom stereocenters. The second-order valence-electron chi connectivity index (χ2n) is 16.3. The normalized spacial score (nSPS) is 22.0. The van der Waals surface area contributed by atoms with Crippen LogP contribution in [-0.2, 0) is 24.4 Å². The van der Waals surface area contributed by atoms with Gasteiger partial charge in [0.05, 0.1) is 45.0 Å². The molecule has 2 saturated carbocycles. The van der Waals surface area contributed by atoms with E-state index in [0.717, 1.165) is 5.56 Å². The first-order valence-corrected chi connectivity index (χ1v) is 22.2. The zero-order valence-corrected chi connectivity index (χ0v) is 36.3. The van der Waals surface area contributed by atoms with Crippen LogP contribution >= 0.6 is 22.9 Å². The summed E-state index contributed by atoms with van der Waals surface area (Å²) in [6, 6.07) is 8.70. The molecule has 0 radical (unpaired) electrons. The van der Waals surface area contributed by atoms with Crippen molar-refractivity contribution in [2.75, 3.05) is 33.2 Å². The van der Waals surface area contributed by atoms with Gasteiger partial charge in [-0.15, -0.1) is 11.3 Å². The molecule has 1 aliphatic heterocycles. The van der Waals surface area contributed by atoms with Gasteiger partial charge in [0.2, 0.25) is 27.7 Å². The first kappa shape index (κ1) is 42.3. The third-order valence-corrected chi connectivity index (χ3v) is 14.1. The summed E-state index contributed by atoms with van der Waals surface area (Å²) < 4.78 is 50.9. The number of amides is 3. The summed E-state index contributed by atoms with van der Waals surface area (Å²) in [4.78, 5) is 54.0. The highest BCUT2D eigenvalue weighted by Gasteiger charge is 2.62. The van der Waals surface area contributed by atoms with Gasteiger partial charge in [-0.05, 0) is 60.9 Å². The number of halogens is 1. The molecular weight excluding hydrogens is 820 g/mol. The minimum absolute atomic E-state index is 0.000420. The summed E-state index contributed by atoms with van der Waals surface area (Å²) in [6.07, 6.45) is 2.63. The van der Waals surface area contributed by atoms with Crippen LogP contribution in [0.15, 0.2) is 48.0 Å². The average Bonchev–Trinajstić information content (AvgIpc) is 4.10. The van der Waals surface area contributed by atoms with Crippen molar-refractivity contribution in [3.05, 3.63) is 53.0 Å². The van der Waals surface area contributed by atoms with Crippen LogP contribution < -0.4 is 34.3 Å². The van der Waals surface area contributed by atoms with Gasteiger partial charge in [-0.3, -0.25) is 19.1 Å². The van der Waals surface area contributed by atoms with Crippen LogP contribution in [-0.4, -0.2) is 97.9 Å². The Morgan fingerprint density at radius 2 is 1.78 bits per heavy atom. The molecule has 2 aliphatic carbocycles. The van der Waals surface area contributed by atoms with Crippen LogP contribution in [0.5, 0.6) is 23.1 Å². The first-order chi connectivity index (χ1) is 28.0. The van der Waals surface area contributed by atoms with Gasteiger partial charge >= 0.3 is 0 Å². The molecule has 4 aromatic rings. The number of carbonyl (C=O) groups is 3. The Labute approximate surface area is 352 Å². The second kappa shape index (κ2) is 16.3. The highest BCUT2D eigenvalue weighted by atomic mass is 35.5. The molecule has 59 heavy (non-hydrogen) atoms. The number of thiazole rings is 1. The Kier molecular flexibility index (Phi) is 11.7. The largest absolute Gasteiger partial charge is 0.497 e. The molecule has 2 aromatic carbocycles. The Morgan fingerprint density at radius 1 is 1.03 bits per heavy atom. The molecule has 18 heteroatoms. The van der Waals surface area contributed by atoms with Crippen LogP contribution in [0.2, 0.25) is 5.02 Å². The SMILES string of the molecule is CC[C@@H]1C[C@]1(NC(=O)[C@@H]1C[C@@H](Oc2ncc(OC)c3ccc(Cl)cc23)CN1C(=O)[C@@H](Nc1nc(-c2ccc(OC)cc2OC)cs1)C(C)(C)C)C(=O)NS(=O)(=O)C1CC1. The summed E-state index contributed by atoms with van der Waals surface area (Å²) in [7, 11) is 0.800. The lowest BCUT2D eigenvalue weighted by Crippen LogP contribution is -2.58. The van der Waals surface area contributed by atoms with E-state index in [0.29, 0.717) is 63.1 Å². The van der Waals surface area contributed by atoms with Crippen molar-refractivity contribution in [2.24, 2.45) is 11.3 Å². The summed E-state index contributed by atoms with van der Waals surface area (Å²) in [5.74, 6) is -0.0769. The topological polar surface area (TPSA) is 187 Å². The number of nitrogens with one attached hydrogen (secondary N) is 3. The number of benzene rings is 2. The Bertz CT molecular complexity index is 2380. The van der Waals surface area contributed by atoms with Gasteiger partial charge in [-0.25, -0.2) is 18.4 Å². The number of ether oxygens (including phenoxy) is 4. The van der Waals surface area contributed by atoms with Crippen LogP contribution in [0, 0.1) is 11.3 Å². The number of rotatable bonds is 15. The standard InChI is InChI=1S/C41H49ClN6O9S2/c1-8-22-18-41(22,38(51)47-59(52,53)26-11-12-26)46-35(49)31-16-25(57-36-29-15-23(42)9-13-27(29)33(56-7)19-43-36)20-48(31)37(50)34(40(2,3)4)45-39-44-30(21-58-39)28-14-10-24(54-5)17-32(28)55-6/h9-10,13-15,17,19,21-22,25-26,31,34H,8,11-12,16,18,20H2,1-7H3,(H,44,45)(H,46,49)(H,47,51)/t22-,25-,31+,34-,41-/m1/s1. The Balaban J connectivity index is 1.19. The van der Waals surface area contributed by atoms with E-state index in [1.54, 1.807) is 38.5 Å². The number of methoxy groups -OCH3 is 3. The third kappa shape index (κ3) is 8.59. The average molecular weight is 869 g/mol. The summed E-state index contributed by atoms with van der Waals surface area (Å²) >= 11 is 7.71. The number of hydrogen-bond acceptors (Lipinski definition) is 13. The number of sulfonamides is 1. The van der Waals surface area contributed by atoms with Crippen molar-refractivity contribution in [3.63, 3.8) is 0 Å². The number of fused-ring (bicyclic) bond motifs is 1. The van der Waals surface area contributed by atoms with E-state index in [9.17, 15) is 22.8 Å². The van der Waals surface area contributed by atoms with Gasteiger partial charge in [0.15, 0.2) is 5.13 Å². The minimum Gasteiger partial charge on any atom is -0.497 e. The van der Waals surface area contributed by atoms with E-state index in [4.69, 9.17) is 35.5 Å². The van der Waals surface area contributed by atoms with Gasteiger partial charge in [-0.1, -0.05) is 45.7 Å². The van der Waals surface area contributed by atoms with Crippen molar-refractivity contribution in [1.82, 2.24) is 24.9 Å². The fourth-order valence-electron chi connectivity index (χ4n) is 7.66. The Hall–Kier alpha value is -4.87. The second-order valence-corrected chi connectivity index (χ2v) is 19.6. The molecule has 2 aromatic heterocycles. The first-order valence-electron chi connectivity index (χ1n) is 19.4. The number of likely N-dealkylation sites (tertiary alicyclic amines) is 1. The summed E-state index contributed by atoms with van der Waals surface area (Å²) in [6.45, 7) is 7.61. The van der Waals surface area contributed by atoms with Crippen molar-refractivity contribution >= 4 is 66.6 Å². The van der Waals surface area contributed by atoms with Crippen LogP contribution in [0.4, 0.5) is 5.13 Å². The van der Waals surface area contributed by atoms with E-state index in [-0.39, 0.29) is 31.2 Å². The van der Waals surface area contributed by atoms with Crippen LogP contribution in [0.3, 0.4) is 0 Å². The fourth-order valence-corrected chi connectivity index (χ4v) is 9.94. The van der Waals surface area contributed by atoms with E-state index in [1.165, 1.54) is 29.5 Å². The van der Waals surface area contributed by atoms with Crippen LogP contribution in [0.25, 0.3) is 22.0 Å². The quantitative estimate of drug-likeness (QED) is 0.131. The van der Waals surface area contributed by atoms with Crippen molar-refractivity contribution < 1.29 is 41.7 Å². The molecule has 3 N–H and O–H groups in total. The van der Waals surface area contributed by atoms with Gasteiger partial charge in [0.25, 0.3) is 5.91 Å². The van der Waals surface area contributed by atoms with Gasteiger partial charge in [-0.2, -0.15) is 0 Å². The van der Waals surface area contributed by atoms with E-state index < -0.39 is 62.1 Å². The molecule has 3 heterocycles. The Morgan fingerprint density at radius 3 is 2.42 bits per heavy atom. The smallest absolute Gasteiger partial charge is 0.259 e. The third-order valence-electron chi connectivity index (χ3n) is 11.2. The van der Waals surface area contributed by atoms with Crippen molar-refractivity contribution in [2.45, 2.75) is 88.8 Å². The maximum Gasteiger partial charge on any atom is 0.259 e. The number of aromatic nitrogens is 2. The zero-order chi connectivity index (χ0) is 42.4.